The summed E-state index contributed by atoms with van der Waals surface area (Å²) < 4.78 is 6.02. The zero-order valence-electron chi connectivity index (χ0n) is 20.8. The first kappa shape index (κ1) is 28.9. The summed E-state index contributed by atoms with van der Waals surface area (Å²) in [5, 5.41) is 30.4. The first-order chi connectivity index (χ1) is 17.6. The van der Waals surface area contributed by atoms with E-state index in [-0.39, 0.29) is 60.4 Å². The van der Waals surface area contributed by atoms with Crippen LogP contribution in [0, 0.1) is 21.3 Å². The maximum atomic E-state index is 13.3. The maximum absolute atomic E-state index is 13.3. The molecular weight excluding hydrogens is 591 g/mol. The number of phenolic OH excluding ortho intramolecular Hbond substituents is 1. The molecule has 2 aromatic rings. The molecule has 0 fully saturated rings. The molecule has 3 N–H and O–H groups in total. The van der Waals surface area contributed by atoms with Gasteiger partial charge < -0.3 is 20.1 Å². The third-order valence-electron chi connectivity index (χ3n) is 6.99. The summed E-state index contributed by atoms with van der Waals surface area (Å²) in [6, 6.07) is 6.75. The van der Waals surface area contributed by atoms with Crippen LogP contribution in [0.5, 0.6) is 11.5 Å². The molecular formula is C28H31IO8. The summed E-state index contributed by atoms with van der Waals surface area (Å²) in [5.41, 5.74) is 2.58. The van der Waals surface area contributed by atoms with Gasteiger partial charge in [-0.05, 0) is 96.0 Å². The van der Waals surface area contributed by atoms with Gasteiger partial charge in [0.25, 0.3) is 0 Å². The van der Waals surface area contributed by atoms with Crippen molar-refractivity contribution in [2.45, 2.75) is 39.0 Å². The number of aliphatic hydroxyl groups excluding tert-OH is 2. The number of Topliss-reactive ketones (excluding diaryl/α,β-unsaturated/α-hetero) is 3. The van der Waals surface area contributed by atoms with Crippen molar-refractivity contribution in [3.8, 4) is 22.6 Å². The van der Waals surface area contributed by atoms with E-state index in [9.17, 15) is 34.5 Å². The number of carbonyl (C=O) groups is 4. The third-order valence-corrected chi connectivity index (χ3v) is 7.82. The summed E-state index contributed by atoms with van der Waals surface area (Å²) in [7, 11) is 1.51. The molecule has 0 aliphatic heterocycles. The number of rotatable bonds is 12. The molecule has 8 nitrogen and oxygen atoms in total. The standard InChI is InChI=1S/C28H31IO8/c1-15(33)7-24(34)22(14-32)18(5-6-30)8-17-10-21-19(12-23(29)28(36)27(21)25(35)11-17)20-9-16(13-31)3-4-26(20)37-2/h3-4,9,12-13,17-18,22,30,32,36H,5-8,10-11,14H2,1-2H3. The molecule has 3 rings (SSSR count). The number of ether oxygens (including phenoxy) is 1. The number of halogens is 1. The number of ketones is 3. The summed E-state index contributed by atoms with van der Waals surface area (Å²) in [4.78, 5) is 49.0. The predicted molar refractivity (Wildman–Crippen MR) is 145 cm³/mol. The van der Waals surface area contributed by atoms with Gasteiger partial charge in [0.15, 0.2) is 5.78 Å². The highest BCUT2D eigenvalue weighted by Crippen LogP contribution is 2.45. The van der Waals surface area contributed by atoms with E-state index in [0.717, 1.165) is 6.29 Å². The van der Waals surface area contributed by atoms with Gasteiger partial charge in [-0.1, -0.05) is 0 Å². The Morgan fingerprint density at radius 1 is 1.19 bits per heavy atom. The van der Waals surface area contributed by atoms with Crippen molar-refractivity contribution in [1.29, 1.82) is 0 Å². The van der Waals surface area contributed by atoms with Crippen molar-refractivity contribution in [3.63, 3.8) is 0 Å². The van der Waals surface area contributed by atoms with Gasteiger partial charge in [-0.25, -0.2) is 0 Å². The van der Waals surface area contributed by atoms with E-state index in [4.69, 9.17) is 4.74 Å². The van der Waals surface area contributed by atoms with Crippen LogP contribution in [-0.4, -0.2) is 59.3 Å². The quantitative estimate of drug-likeness (QED) is 0.185. The van der Waals surface area contributed by atoms with E-state index in [1.807, 2.05) is 22.6 Å². The smallest absolute Gasteiger partial charge is 0.167 e. The molecule has 2 aromatic carbocycles. The number of hydrogen-bond acceptors (Lipinski definition) is 8. The Kier molecular flexibility index (Phi) is 9.97. The van der Waals surface area contributed by atoms with Gasteiger partial charge in [0.2, 0.25) is 0 Å². The van der Waals surface area contributed by atoms with Crippen LogP contribution in [0.3, 0.4) is 0 Å². The number of hydrogen-bond donors (Lipinski definition) is 3. The summed E-state index contributed by atoms with van der Waals surface area (Å²) >= 11 is 1.97. The number of carbonyl (C=O) groups excluding carboxylic acids is 4. The Morgan fingerprint density at radius 3 is 2.51 bits per heavy atom. The molecule has 0 heterocycles. The number of methoxy groups -OCH3 is 1. The number of benzene rings is 2. The summed E-state index contributed by atoms with van der Waals surface area (Å²) in [5.74, 6) is -1.96. The predicted octanol–water partition coefficient (Wildman–Crippen LogP) is 3.78. The maximum Gasteiger partial charge on any atom is 0.167 e. The highest BCUT2D eigenvalue weighted by atomic mass is 127. The average molecular weight is 622 g/mol. The molecule has 0 spiro atoms. The Hall–Kier alpha value is -2.63. The number of phenols is 1. The Balaban J connectivity index is 2.05. The SMILES string of the molecule is COc1ccc(C=O)cc1-c1cc(I)c(O)c2c1CC(CC(CCO)C(CO)C(=O)CC(C)=O)CC2=O. The lowest BCUT2D eigenvalue weighted by Crippen LogP contribution is -2.32. The van der Waals surface area contributed by atoms with Crippen LogP contribution < -0.4 is 4.74 Å². The minimum Gasteiger partial charge on any atom is -0.506 e. The first-order valence-electron chi connectivity index (χ1n) is 12.1. The summed E-state index contributed by atoms with van der Waals surface area (Å²) in [6.45, 7) is 0.660. The number of aldehydes is 1. The van der Waals surface area contributed by atoms with Crippen molar-refractivity contribution >= 4 is 46.2 Å². The van der Waals surface area contributed by atoms with Crippen molar-refractivity contribution < 1.29 is 39.2 Å². The van der Waals surface area contributed by atoms with Gasteiger partial charge >= 0.3 is 0 Å². The number of fused-ring (bicyclic) bond motifs is 1. The zero-order valence-corrected chi connectivity index (χ0v) is 23.0. The highest BCUT2D eigenvalue weighted by molar-refractivity contribution is 14.1. The summed E-state index contributed by atoms with van der Waals surface area (Å²) in [6.07, 6.45) is 1.58. The van der Waals surface area contributed by atoms with Gasteiger partial charge in [-0.15, -0.1) is 0 Å². The fourth-order valence-corrected chi connectivity index (χ4v) is 5.88. The van der Waals surface area contributed by atoms with Crippen molar-refractivity contribution in [2.75, 3.05) is 20.3 Å². The molecule has 198 valence electrons. The van der Waals surface area contributed by atoms with Gasteiger partial charge in [0.05, 0.1) is 29.3 Å². The fraction of sp³-hybridized carbons (Fsp3) is 0.429. The molecule has 3 unspecified atom stereocenters. The van der Waals surface area contributed by atoms with Crippen LogP contribution in [0.25, 0.3) is 11.1 Å². The van der Waals surface area contributed by atoms with E-state index < -0.39 is 18.4 Å². The lowest BCUT2D eigenvalue weighted by molar-refractivity contribution is -0.131. The van der Waals surface area contributed by atoms with Gasteiger partial charge in [0, 0.05) is 30.1 Å². The second kappa shape index (κ2) is 12.7. The fourth-order valence-electron chi connectivity index (χ4n) is 5.30. The molecule has 37 heavy (non-hydrogen) atoms. The minimum absolute atomic E-state index is 0.0925. The lowest BCUT2D eigenvalue weighted by atomic mass is 9.72. The van der Waals surface area contributed by atoms with E-state index in [1.54, 1.807) is 24.3 Å². The van der Waals surface area contributed by atoms with Crippen molar-refractivity contribution in [1.82, 2.24) is 0 Å². The minimum atomic E-state index is -0.818. The normalized spacial score (nSPS) is 16.6. The Bertz CT molecular complexity index is 1210. The van der Waals surface area contributed by atoms with Crippen LogP contribution in [0.15, 0.2) is 24.3 Å². The molecule has 9 heteroatoms. The second-order valence-corrected chi connectivity index (χ2v) is 10.7. The molecule has 0 amide bonds. The third kappa shape index (κ3) is 6.45. The van der Waals surface area contributed by atoms with Crippen LogP contribution in [0.2, 0.25) is 0 Å². The van der Waals surface area contributed by atoms with Crippen molar-refractivity contribution in [3.05, 3.63) is 44.5 Å². The van der Waals surface area contributed by atoms with Gasteiger partial charge in [-0.2, -0.15) is 0 Å². The van der Waals surface area contributed by atoms with Crippen molar-refractivity contribution in [2.24, 2.45) is 17.8 Å². The molecule has 0 aromatic heterocycles. The second-order valence-electron chi connectivity index (χ2n) is 9.53. The first-order valence-corrected chi connectivity index (χ1v) is 13.2. The molecule has 1 aliphatic carbocycles. The van der Waals surface area contributed by atoms with Crippen LogP contribution >= 0.6 is 22.6 Å². The van der Waals surface area contributed by atoms with Gasteiger partial charge in [-0.3, -0.25) is 19.2 Å². The number of aliphatic hydroxyl groups is 2. The van der Waals surface area contributed by atoms with Gasteiger partial charge in [0.1, 0.15) is 29.4 Å². The van der Waals surface area contributed by atoms with E-state index in [0.29, 0.717) is 44.4 Å². The number of aromatic hydroxyl groups is 1. The zero-order chi connectivity index (χ0) is 27.3. The van der Waals surface area contributed by atoms with E-state index >= 15 is 0 Å². The molecule has 3 atom stereocenters. The average Bonchev–Trinajstić information content (AvgIpc) is 2.85. The molecule has 0 bridgehead atoms. The highest BCUT2D eigenvalue weighted by Gasteiger charge is 2.36. The van der Waals surface area contributed by atoms with Crippen LogP contribution in [0.4, 0.5) is 0 Å². The molecule has 0 saturated carbocycles. The largest absolute Gasteiger partial charge is 0.506 e. The lowest BCUT2D eigenvalue weighted by Gasteiger charge is -2.32. The molecule has 0 radical (unpaired) electrons. The van der Waals surface area contributed by atoms with E-state index in [1.165, 1.54) is 14.0 Å². The van der Waals surface area contributed by atoms with Crippen LogP contribution in [0.1, 0.15) is 58.9 Å². The Morgan fingerprint density at radius 2 is 1.92 bits per heavy atom. The van der Waals surface area contributed by atoms with Crippen LogP contribution in [-0.2, 0) is 16.0 Å². The topological polar surface area (TPSA) is 138 Å². The monoisotopic (exact) mass is 622 g/mol. The molecule has 0 saturated heterocycles. The van der Waals surface area contributed by atoms with E-state index in [2.05, 4.69) is 0 Å². The Labute approximate surface area is 229 Å². The molecule has 1 aliphatic rings.